The lowest BCUT2D eigenvalue weighted by Crippen LogP contribution is -2.54. The highest BCUT2D eigenvalue weighted by Crippen LogP contribution is 2.35. The first-order valence-electron chi connectivity index (χ1n) is 7.80. The maximum absolute atomic E-state index is 12.5. The van der Waals surface area contributed by atoms with Crippen molar-refractivity contribution in [3.05, 3.63) is 0 Å². The van der Waals surface area contributed by atoms with Gasteiger partial charge in [0.25, 0.3) is 0 Å². The molecule has 0 aromatic carbocycles. The summed E-state index contributed by atoms with van der Waals surface area (Å²) in [6.45, 7) is 3.09. The lowest BCUT2D eigenvalue weighted by molar-refractivity contribution is -0.139. The quantitative estimate of drug-likeness (QED) is 0.836. The minimum absolute atomic E-state index is 0.222. The van der Waals surface area contributed by atoms with E-state index in [1.807, 2.05) is 0 Å². The second-order valence-corrected chi connectivity index (χ2v) is 6.03. The first kappa shape index (κ1) is 13.9. The Morgan fingerprint density at radius 2 is 2.00 bits per heavy atom. The van der Waals surface area contributed by atoms with Crippen molar-refractivity contribution in [3.63, 3.8) is 0 Å². The van der Waals surface area contributed by atoms with Gasteiger partial charge in [-0.25, -0.2) is 0 Å². The van der Waals surface area contributed by atoms with E-state index in [-0.39, 0.29) is 11.9 Å². The van der Waals surface area contributed by atoms with Gasteiger partial charge in [-0.05, 0) is 38.0 Å². The van der Waals surface area contributed by atoms with Crippen LogP contribution in [0.1, 0.15) is 64.7 Å². The molecule has 2 aliphatic rings. The highest BCUT2D eigenvalue weighted by molar-refractivity contribution is 5.82. The minimum Gasteiger partial charge on any atom is -0.338 e. The molecule has 3 atom stereocenters. The van der Waals surface area contributed by atoms with E-state index in [9.17, 15) is 4.79 Å². The number of hydrogen-bond donors (Lipinski definition) is 1. The Labute approximate surface area is 111 Å². The molecule has 2 N–H and O–H groups in total. The van der Waals surface area contributed by atoms with Crippen LogP contribution in [-0.4, -0.2) is 29.4 Å². The van der Waals surface area contributed by atoms with Crippen molar-refractivity contribution in [1.82, 2.24) is 4.90 Å². The van der Waals surface area contributed by atoms with Crippen LogP contribution >= 0.6 is 0 Å². The largest absolute Gasteiger partial charge is 0.338 e. The molecule has 3 nitrogen and oxygen atoms in total. The molecule has 0 spiro atoms. The molecule has 2 unspecified atom stereocenters. The van der Waals surface area contributed by atoms with Gasteiger partial charge < -0.3 is 10.6 Å². The van der Waals surface area contributed by atoms with E-state index in [0.29, 0.717) is 6.04 Å². The Balaban J connectivity index is 1.95. The number of unbranched alkanes of at least 4 members (excludes halogenated alkanes) is 1. The van der Waals surface area contributed by atoms with Gasteiger partial charge in [-0.1, -0.05) is 32.6 Å². The van der Waals surface area contributed by atoms with E-state index < -0.39 is 0 Å². The van der Waals surface area contributed by atoms with Gasteiger partial charge in [-0.2, -0.15) is 0 Å². The minimum atomic E-state index is -0.259. The van der Waals surface area contributed by atoms with Crippen LogP contribution in [0.4, 0.5) is 0 Å². The average molecular weight is 252 g/mol. The van der Waals surface area contributed by atoms with Gasteiger partial charge >= 0.3 is 0 Å². The van der Waals surface area contributed by atoms with Gasteiger partial charge in [0.2, 0.25) is 5.91 Å². The monoisotopic (exact) mass is 252 g/mol. The number of nitrogens with two attached hydrogens (primary N) is 1. The summed E-state index contributed by atoms with van der Waals surface area (Å²) in [5.41, 5.74) is 6.06. The second-order valence-electron chi connectivity index (χ2n) is 6.03. The van der Waals surface area contributed by atoms with Crippen LogP contribution in [0.5, 0.6) is 0 Å². The van der Waals surface area contributed by atoms with Gasteiger partial charge in [0, 0.05) is 12.6 Å². The van der Waals surface area contributed by atoms with Crippen molar-refractivity contribution in [1.29, 1.82) is 0 Å². The summed E-state index contributed by atoms with van der Waals surface area (Å²) in [6, 6.07) is 0.248. The van der Waals surface area contributed by atoms with Crippen LogP contribution in [0.15, 0.2) is 0 Å². The van der Waals surface area contributed by atoms with Crippen molar-refractivity contribution < 1.29 is 4.79 Å². The van der Waals surface area contributed by atoms with E-state index >= 15 is 0 Å². The summed E-state index contributed by atoms with van der Waals surface area (Å²) in [7, 11) is 0. The molecule has 2 rings (SSSR count). The first-order chi connectivity index (χ1) is 8.74. The molecule has 1 saturated heterocycles. The molecular formula is C15H28N2O. The third-order valence-electron chi connectivity index (χ3n) is 4.71. The lowest BCUT2D eigenvalue weighted by Gasteiger charge is -2.45. The topological polar surface area (TPSA) is 46.3 Å². The maximum atomic E-state index is 12.5. The molecular weight excluding hydrogens is 224 g/mol. The third kappa shape index (κ3) is 3.05. The molecule has 1 aliphatic carbocycles. The van der Waals surface area contributed by atoms with E-state index in [4.69, 9.17) is 5.73 Å². The predicted octanol–water partition coefficient (Wildman–Crippen LogP) is 2.69. The second kappa shape index (κ2) is 6.55. The molecule has 1 saturated carbocycles. The number of fused-ring (bicyclic) bond motifs is 1. The fourth-order valence-electron chi connectivity index (χ4n) is 3.66. The van der Waals surface area contributed by atoms with Gasteiger partial charge in [0.05, 0.1) is 6.04 Å². The van der Waals surface area contributed by atoms with Gasteiger partial charge in [-0.3, -0.25) is 4.79 Å². The van der Waals surface area contributed by atoms with Gasteiger partial charge in [-0.15, -0.1) is 0 Å². The summed E-state index contributed by atoms with van der Waals surface area (Å²) >= 11 is 0. The van der Waals surface area contributed by atoms with Crippen LogP contribution < -0.4 is 5.73 Å². The van der Waals surface area contributed by atoms with Gasteiger partial charge in [0.1, 0.15) is 0 Å². The molecule has 104 valence electrons. The number of likely N-dealkylation sites (tertiary alicyclic amines) is 1. The lowest BCUT2D eigenvalue weighted by atomic mass is 9.78. The molecule has 0 bridgehead atoms. The zero-order valence-corrected chi connectivity index (χ0v) is 11.7. The van der Waals surface area contributed by atoms with Crippen LogP contribution in [0.25, 0.3) is 0 Å². The van der Waals surface area contributed by atoms with Crippen LogP contribution in [0, 0.1) is 5.92 Å². The van der Waals surface area contributed by atoms with Crippen LogP contribution in [-0.2, 0) is 4.79 Å². The fourth-order valence-corrected chi connectivity index (χ4v) is 3.66. The third-order valence-corrected chi connectivity index (χ3v) is 4.71. The first-order valence-corrected chi connectivity index (χ1v) is 7.80. The maximum Gasteiger partial charge on any atom is 0.239 e. The van der Waals surface area contributed by atoms with E-state index in [0.717, 1.165) is 31.7 Å². The van der Waals surface area contributed by atoms with E-state index in [1.54, 1.807) is 0 Å². The summed E-state index contributed by atoms with van der Waals surface area (Å²) in [5.74, 6) is 0.981. The normalized spacial score (nSPS) is 29.8. The summed E-state index contributed by atoms with van der Waals surface area (Å²) < 4.78 is 0. The molecule has 2 fully saturated rings. The van der Waals surface area contributed by atoms with Crippen molar-refractivity contribution >= 4 is 5.91 Å². The Morgan fingerprint density at radius 1 is 1.28 bits per heavy atom. The number of amides is 1. The van der Waals surface area contributed by atoms with Gasteiger partial charge in [0.15, 0.2) is 0 Å². The number of rotatable bonds is 4. The zero-order chi connectivity index (χ0) is 13.0. The molecule has 0 radical (unpaired) electrons. The number of hydrogen-bond acceptors (Lipinski definition) is 2. The van der Waals surface area contributed by atoms with Crippen molar-refractivity contribution in [2.45, 2.75) is 76.8 Å². The van der Waals surface area contributed by atoms with Crippen LogP contribution in [0.2, 0.25) is 0 Å². The van der Waals surface area contributed by atoms with Crippen molar-refractivity contribution in [2.24, 2.45) is 11.7 Å². The molecule has 1 heterocycles. The molecule has 3 heteroatoms. The summed E-state index contributed by atoms with van der Waals surface area (Å²) in [6.07, 6.45) is 10.7. The number of piperidine rings is 1. The number of carbonyl (C=O) groups is 1. The van der Waals surface area contributed by atoms with Crippen molar-refractivity contribution in [3.8, 4) is 0 Å². The standard InChI is InChI=1S/C15H28N2O/c1-2-3-9-13(16)15(18)17-11-6-8-12-7-4-5-10-14(12)17/h12-14H,2-11,16H2,1H3/t12?,13-,14?/m0/s1. The number of nitrogens with zero attached hydrogens (tertiary/aromatic N) is 1. The Kier molecular flexibility index (Phi) is 5.04. The highest BCUT2D eigenvalue weighted by Gasteiger charge is 2.36. The molecule has 1 amide bonds. The highest BCUT2D eigenvalue weighted by atomic mass is 16.2. The molecule has 0 aromatic rings. The zero-order valence-electron chi connectivity index (χ0n) is 11.7. The van der Waals surface area contributed by atoms with E-state index in [2.05, 4.69) is 11.8 Å². The molecule has 18 heavy (non-hydrogen) atoms. The molecule has 0 aromatic heterocycles. The Bertz CT molecular complexity index is 278. The summed E-state index contributed by atoms with van der Waals surface area (Å²) in [4.78, 5) is 14.6. The average Bonchev–Trinajstić information content (AvgIpc) is 2.43. The SMILES string of the molecule is CCCC[C@H](N)C(=O)N1CCCC2CCCCC21. The predicted molar refractivity (Wildman–Crippen MR) is 74.2 cm³/mol. The Morgan fingerprint density at radius 3 is 2.78 bits per heavy atom. The smallest absolute Gasteiger partial charge is 0.239 e. The molecule has 1 aliphatic heterocycles. The number of carbonyl (C=O) groups excluding carboxylic acids is 1. The Hall–Kier alpha value is -0.570. The van der Waals surface area contributed by atoms with Crippen molar-refractivity contribution in [2.75, 3.05) is 6.54 Å². The van der Waals surface area contributed by atoms with E-state index in [1.165, 1.54) is 38.5 Å². The fraction of sp³-hybridized carbons (Fsp3) is 0.933. The summed E-state index contributed by atoms with van der Waals surface area (Å²) in [5, 5.41) is 0. The van der Waals surface area contributed by atoms with Crippen LogP contribution in [0.3, 0.4) is 0 Å².